The van der Waals surface area contributed by atoms with Crippen LogP contribution in [0.2, 0.25) is 0 Å². The monoisotopic (exact) mass is 260 g/mol. The van der Waals surface area contributed by atoms with Gasteiger partial charge in [0.2, 0.25) is 5.91 Å². The van der Waals surface area contributed by atoms with Crippen molar-refractivity contribution in [3.63, 3.8) is 0 Å². The van der Waals surface area contributed by atoms with Crippen LogP contribution in [0.3, 0.4) is 0 Å². The van der Waals surface area contributed by atoms with Crippen molar-refractivity contribution in [1.29, 1.82) is 0 Å². The van der Waals surface area contributed by atoms with Crippen LogP contribution in [-0.4, -0.2) is 22.4 Å². The first-order valence-corrected chi connectivity index (χ1v) is 6.58. The minimum absolute atomic E-state index is 0.0926. The minimum Gasteiger partial charge on any atom is -0.331 e. The van der Waals surface area contributed by atoms with Crippen LogP contribution in [0.4, 0.5) is 4.79 Å². The number of benzene rings is 1. The van der Waals surface area contributed by atoms with Gasteiger partial charge in [-0.25, -0.2) is 4.79 Å². The molecule has 1 aliphatic heterocycles. The number of imide groups is 1. The highest BCUT2D eigenvalue weighted by Crippen LogP contribution is 2.25. The van der Waals surface area contributed by atoms with E-state index >= 15 is 0 Å². The average Bonchev–Trinajstić information content (AvgIpc) is 2.48. The normalized spacial score (nSPS) is 21.0. The van der Waals surface area contributed by atoms with E-state index in [1.165, 1.54) is 4.90 Å². The molecule has 0 saturated carbocycles. The van der Waals surface area contributed by atoms with Crippen molar-refractivity contribution in [3.8, 4) is 0 Å². The Kier molecular flexibility index (Phi) is 3.60. The van der Waals surface area contributed by atoms with E-state index in [9.17, 15) is 9.59 Å². The molecule has 0 bridgehead atoms. The molecule has 102 valence electrons. The lowest BCUT2D eigenvalue weighted by molar-refractivity contribution is -0.131. The van der Waals surface area contributed by atoms with Crippen molar-refractivity contribution >= 4 is 11.9 Å². The molecule has 4 nitrogen and oxygen atoms in total. The summed E-state index contributed by atoms with van der Waals surface area (Å²) in [6.07, 6.45) is 1.02. The molecule has 1 unspecified atom stereocenters. The molecule has 0 radical (unpaired) electrons. The number of nitrogens with one attached hydrogen (secondary N) is 1. The standard InChI is InChI=1S/C15H20N2O2/c1-15(2,3)17-13(18)10-9-12(16-14(17)19)11-7-5-4-6-8-11/h4-8,12H,9-10H2,1-3H3,(H,16,19). The highest BCUT2D eigenvalue weighted by molar-refractivity contribution is 5.96. The van der Waals surface area contributed by atoms with Crippen LogP contribution in [0.1, 0.15) is 45.2 Å². The molecule has 1 N–H and O–H groups in total. The predicted octanol–water partition coefficient (Wildman–Crippen LogP) is 2.86. The summed E-state index contributed by atoms with van der Waals surface area (Å²) in [7, 11) is 0. The molecule has 1 aliphatic rings. The van der Waals surface area contributed by atoms with Gasteiger partial charge in [0.15, 0.2) is 0 Å². The highest BCUT2D eigenvalue weighted by Gasteiger charge is 2.36. The summed E-state index contributed by atoms with van der Waals surface area (Å²) in [5.74, 6) is -0.108. The smallest absolute Gasteiger partial charge is 0.325 e. The van der Waals surface area contributed by atoms with Crippen LogP contribution in [0.5, 0.6) is 0 Å². The van der Waals surface area contributed by atoms with Crippen LogP contribution >= 0.6 is 0 Å². The summed E-state index contributed by atoms with van der Waals surface area (Å²) in [4.78, 5) is 25.7. The Bertz CT molecular complexity index is 477. The molecular weight excluding hydrogens is 240 g/mol. The molecule has 2 rings (SSSR count). The van der Waals surface area contributed by atoms with Gasteiger partial charge in [0.05, 0.1) is 6.04 Å². The molecule has 1 aromatic carbocycles. The van der Waals surface area contributed by atoms with Gasteiger partial charge in [0.25, 0.3) is 0 Å². The fraction of sp³-hybridized carbons (Fsp3) is 0.467. The second kappa shape index (κ2) is 5.03. The van der Waals surface area contributed by atoms with Crippen LogP contribution < -0.4 is 5.32 Å². The van der Waals surface area contributed by atoms with E-state index in [1.54, 1.807) is 0 Å². The van der Waals surface area contributed by atoms with Gasteiger partial charge < -0.3 is 5.32 Å². The van der Waals surface area contributed by atoms with Crippen molar-refractivity contribution < 1.29 is 9.59 Å². The zero-order chi connectivity index (χ0) is 14.0. The highest BCUT2D eigenvalue weighted by atomic mass is 16.2. The van der Waals surface area contributed by atoms with Gasteiger partial charge in [-0.05, 0) is 32.8 Å². The third kappa shape index (κ3) is 2.95. The lowest BCUT2D eigenvalue weighted by Gasteiger charge is -2.32. The summed E-state index contributed by atoms with van der Waals surface area (Å²) in [6, 6.07) is 9.37. The summed E-state index contributed by atoms with van der Waals surface area (Å²) < 4.78 is 0. The summed E-state index contributed by atoms with van der Waals surface area (Å²) in [5.41, 5.74) is 0.548. The van der Waals surface area contributed by atoms with Gasteiger partial charge in [-0.3, -0.25) is 9.69 Å². The lowest BCUT2D eigenvalue weighted by atomic mass is 10.0. The Labute approximate surface area is 113 Å². The van der Waals surface area contributed by atoms with Crippen molar-refractivity contribution in [3.05, 3.63) is 35.9 Å². The predicted molar refractivity (Wildman–Crippen MR) is 73.5 cm³/mol. The third-order valence-corrected chi connectivity index (χ3v) is 3.27. The Hall–Kier alpha value is -1.84. The number of carbonyl (C=O) groups is 2. The topological polar surface area (TPSA) is 49.4 Å². The molecular formula is C15H20N2O2. The molecule has 19 heavy (non-hydrogen) atoms. The Morgan fingerprint density at radius 3 is 2.37 bits per heavy atom. The minimum atomic E-state index is -0.493. The Balaban J connectivity index is 2.24. The van der Waals surface area contributed by atoms with Crippen LogP contribution in [-0.2, 0) is 4.79 Å². The average molecular weight is 260 g/mol. The molecule has 0 aromatic heterocycles. The molecule has 1 saturated heterocycles. The first-order valence-electron chi connectivity index (χ1n) is 6.58. The molecule has 3 amide bonds. The van der Waals surface area contributed by atoms with E-state index in [0.29, 0.717) is 12.8 Å². The van der Waals surface area contributed by atoms with Crippen molar-refractivity contribution in [2.45, 2.75) is 45.2 Å². The first-order chi connectivity index (χ1) is 8.89. The third-order valence-electron chi connectivity index (χ3n) is 3.27. The quantitative estimate of drug-likeness (QED) is 0.844. The van der Waals surface area contributed by atoms with E-state index in [0.717, 1.165) is 5.56 Å². The number of hydrogen-bond donors (Lipinski definition) is 1. The maximum absolute atomic E-state index is 12.2. The SMILES string of the molecule is CC(C)(C)N1C(=O)CCC(c2ccccc2)NC1=O. The molecule has 1 aromatic rings. The molecule has 1 heterocycles. The summed E-state index contributed by atoms with van der Waals surface area (Å²) in [5, 5.41) is 2.95. The second-order valence-electron chi connectivity index (χ2n) is 5.85. The van der Waals surface area contributed by atoms with Crippen molar-refractivity contribution in [2.75, 3.05) is 0 Å². The fourth-order valence-corrected chi connectivity index (χ4v) is 2.39. The van der Waals surface area contributed by atoms with Gasteiger partial charge >= 0.3 is 6.03 Å². The lowest BCUT2D eigenvalue weighted by Crippen LogP contribution is -2.52. The Morgan fingerprint density at radius 2 is 1.79 bits per heavy atom. The molecule has 0 spiro atoms. The largest absolute Gasteiger partial charge is 0.331 e. The number of rotatable bonds is 1. The maximum Gasteiger partial charge on any atom is 0.325 e. The van der Waals surface area contributed by atoms with Crippen molar-refractivity contribution in [2.24, 2.45) is 0 Å². The van der Waals surface area contributed by atoms with E-state index in [1.807, 2.05) is 51.1 Å². The van der Waals surface area contributed by atoms with Gasteiger partial charge in [0, 0.05) is 12.0 Å². The maximum atomic E-state index is 12.2. The number of carbonyl (C=O) groups excluding carboxylic acids is 2. The molecule has 4 heteroatoms. The van der Waals surface area contributed by atoms with Gasteiger partial charge in [-0.15, -0.1) is 0 Å². The molecule has 1 fully saturated rings. The van der Waals surface area contributed by atoms with Crippen LogP contribution in [0.25, 0.3) is 0 Å². The van der Waals surface area contributed by atoms with Gasteiger partial charge in [-0.2, -0.15) is 0 Å². The van der Waals surface area contributed by atoms with E-state index in [2.05, 4.69) is 5.32 Å². The molecule has 0 aliphatic carbocycles. The van der Waals surface area contributed by atoms with Crippen LogP contribution in [0.15, 0.2) is 30.3 Å². The number of amides is 3. The number of urea groups is 1. The molecule has 1 atom stereocenters. The first kappa shape index (κ1) is 13.6. The van der Waals surface area contributed by atoms with Gasteiger partial charge in [0.1, 0.15) is 0 Å². The number of hydrogen-bond acceptors (Lipinski definition) is 2. The van der Waals surface area contributed by atoms with Crippen molar-refractivity contribution in [1.82, 2.24) is 10.2 Å². The number of nitrogens with zero attached hydrogens (tertiary/aromatic N) is 1. The zero-order valence-corrected chi connectivity index (χ0v) is 11.6. The summed E-state index contributed by atoms with van der Waals surface area (Å²) >= 11 is 0. The Morgan fingerprint density at radius 1 is 1.16 bits per heavy atom. The second-order valence-corrected chi connectivity index (χ2v) is 5.85. The van der Waals surface area contributed by atoms with E-state index in [-0.39, 0.29) is 18.0 Å². The van der Waals surface area contributed by atoms with Crippen LogP contribution in [0, 0.1) is 0 Å². The van der Waals surface area contributed by atoms with E-state index in [4.69, 9.17) is 0 Å². The fourth-order valence-electron chi connectivity index (χ4n) is 2.39. The van der Waals surface area contributed by atoms with E-state index < -0.39 is 5.54 Å². The zero-order valence-electron chi connectivity index (χ0n) is 11.6. The summed E-state index contributed by atoms with van der Waals surface area (Å²) in [6.45, 7) is 5.61. The van der Waals surface area contributed by atoms with Gasteiger partial charge in [-0.1, -0.05) is 30.3 Å².